The van der Waals surface area contributed by atoms with Crippen molar-refractivity contribution in [3.05, 3.63) is 53.2 Å². The van der Waals surface area contributed by atoms with Gasteiger partial charge in [-0.05, 0) is 5.57 Å². The molecular formula is C20H18N8O5S2. The van der Waals surface area contributed by atoms with Gasteiger partial charge in [-0.25, -0.2) is 14.0 Å². The fraction of sp³-hybridized carbons (Fsp3) is 0.250. The SMILES string of the molecule is CO/N=C(\C(=O)N[C@@H]1C(=O)N2C(C(=O)[O-])=C(C[n+]3ccn4cccnc43)CS[C@H]12)c1csc(N)n1. The van der Waals surface area contributed by atoms with Crippen LogP contribution in [0.3, 0.4) is 0 Å². The molecule has 0 aromatic carbocycles. The van der Waals surface area contributed by atoms with Crippen LogP contribution in [-0.2, 0) is 25.8 Å². The molecule has 1 saturated heterocycles. The van der Waals surface area contributed by atoms with Crippen molar-refractivity contribution >= 4 is 57.5 Å². The summed E-state index contributed by atoms with van der Waals surface area (Å²) in [6, 6.07) is 0.829. The number of hydrogen-bond acceptors (Lipinski definition) is 11. The molecule has 0 unspecified atom stereocenters. The molecule has 13 nitrogen and oxygen atoms in total. The number of amides is 2. The molecule has 5 rings (SSSR count). The molecule has 2 amide bonds. The first-order valence-corrected chi connectivity index (χ1v) is 12.1. The van der Waals surface area contributed by atoms with Gasteiger partial charge in [0.25, 0.3) is 11.8 Å². The number of carbonyl (C=O) groups excluding carboxylic acids is 3. The fourth-order valence-corrected chi connectivity index (χ4v) is 5.84. The minimum Gasteiger partial charge on any atom is -0.543 e. The van der Waals surface area contributed by atoms with Gasteiger partial charge in [0.05, 0.1) is 30.6 Å². The standard InChI is InChI=1S/C20H18N8O5S2/c1-33-25-12(11-9-35-19(21)23-11)15(29)24-13-16(30)28-14(18(31)32)10(8-34-17(13)28)7-27-6-5-26-4-2-3-22-20(26)27/h2-6,9,13,17H,7-8H2,1H3,(H3-,21,23,24,29,31,32)/b25-12-/t13-,17-/m1/s1. The molecule has 0 bridgehead atoms. The molecule has 3 N–H and O–H groups in total. The Morgan fingerprint density at radius 3 is 2.97 bits per heavy atom. The molecule has 15 heteroatoms. The third-order valence-corrected chi connectivity index (χ3v) is 7.48. The van der Waals surface area contributed by atoms with Crippen molar-refractivity contribution in [1.82, 2.24) is 24.6 Å². The molecule has 2 aliphatic rings. The summed E-state index contributed by atoms with van der Waals surface area (Å²) < 4.78 is 3.59. The number of anilines is 1. The molecule has 180 valence electrons. The van der Waals surface area contributed by atoms with Crippen LogP contribution in [0.2, 0.25) is 0 Å². The monoisotopic (exact) mass is 514 g/mol. The lowest BCUT2D eigenvalue weighted by Gasteiger charge is -2.50. The van der Waals surface area contributed by atoms with Crippen molar-refractivity contribution < 1.29 is 28.9 Å². The summed E-state index contributed by atoms with van der Waals surface area (Å²) in [4.78, 5) is 52.1. The van der Waals surface area contributed by atoms with Gasteiger partial charge in [0, 0.05) is 17.2 Å². The average Bonchev–Trinajstić information content (AvgIpc) is 3.46. The van der Waals surface area contributed by atoms with E-state index in [1.54, 1.807) is 39.0 Å². The molecule has 0 spiro atoms. The second-order valence-corrected chi connectivity index (χ2v) is 9.54. The number of thioether (sulfide) groups is 1. The number of imidazole rings is 1. The van der Waals surface area contributed by atoms with Crippen molar-refractivity contribution in [2.24, 2.45) is 5.16 Å². The van der Waals surface area contributed by atoms with Crippen LogP contribution in [-0.4, -0.2) is 67.0 Å². The van der Waals surface area contributed by atoms with Crippen LogP contribution < -0.4 is 20.7 Å². The fourth-order valence-electron chi connectivity index (χ4n) is 3.96. The van der Waals surface area contributed by atoms with E-state index >= 15 is 0 Å². The Labute approximate surface area is 205 Å². The van der Waals surface area contributed by atoms with Crippen molar-refractivity contribution in [1.29, 1.82) is 0 Å². The Morgan fingerprint density at radius 1 is 1.43 bits per heavy atom. The summed E-state index contributed by atoms with van der Waals surface area (Å²) in [5.74, 6) is -1.77. The second kappa shape index (κ2) is 8.99. The van der Waals surface area contributed by atoms with Crippen LogP contribution in [0.1, 0.15) is 5.69 Å². The molecule has 2 aliphatic heterocycles. The van der Waals surface area contributed by atoms with E-state index in [1.807, 2.05) is 6.20 Å². The lowest BCUT2D eigenvalue weighted by atomic mass is 10.0. The van der Waals surface area contributed by atoms with E-state index in [4.69, 9.17) is 10.6 Å². The zero-order valence-corrected chi connectivity index (χ0v) is 19.8. The van der Waals surface area contributed by atoms with E-state index < -0.39 is 29.2 Å². The van der Waals surface area contributed by atoms with E-state index in [9.17, 15) is 19.5 Å². The van der Waals surface area contributed by atoms with Crippen LogP contribution >= 0.6 is 23.1 Å². The van der Waals surface area contributed by atoms with Crippen molar-refractivity contribution in [2.75, 3.05) is 18.6 Å². The Hall–Kier alpha value is -3.98. The van der Waals surface area contributed by atoms with Gasteiger partial charge in [-0.3, -0.25) is 14.5 Å². The van der Waals surface area contributed by atoms with Gasteiger partial charge in [0.2, 0.25) is 0 Å². The third kappa shape index (κ3) is 3.97. The number of carbonyl (C=O) groups is 3. The summed E-state index contributed by atoms with van der Waals surface area (Å²) in [6.07, 6.45) is 7.04. The van der Waals surface area contributed by atoms with Crippen molar-refractivity contribution in [3.63, 3.8) is 0 Å². The highest BCUT2D eigenvalue weighted by molar-refractivity contribution is 8.00. The number of nitrogen functional groups attached to an aromatic ring is 1. The van der Waals surface area contributed by atoms with E-state index in [2.05, 4.69) is 20.4 Å². The van der Waals surface area contributed by atoms with Crippen LogP contribution in [0, 0.1) is 0 Å². The normalized spacial score (nSPS) is 20.0. The maximum absolute atomic E-state index is 13.0. The summed E-state index contributed by atoms with van der Waals surface area (Å²) in [5, 5.41) is 19.5. The molecule has 0 aliphatic carbocycles. The lowest BCUT2D eigenvalue weighted by molar-refractivity contribution is -0.664. The molecule has 2 atom stereocenters. The Kier molecular flexibility index (Phi) is 5.86. The maximum atomic E-state index is 13.0. The second-order valence-electron chi connectivity index (χ2n) is 7.55. The Bertz CT molecular complexity index is 1410. The summed E-state index contributed by atoms with van der Waals surface area (Å²) >= 11 is 2.47. The van der Waals surface area contributed by atoms with Gasteiger partial charge in [0.15, 0.2) is 10.8 Å². The van der Waals surface area contributed by atoms with Gasteiger partial charge in [-0.15, -0.1) is 23.1 Å². The highest BCUT2D eigenvalue weighted by Gasteiger charge is 2.53. The first-order chi connectivity index (χ1) is 16.9. The predicted molar refractivity (Wildman–Crippen MR) is 123 cm³/mol. The molecule has 35 heavy (non-hydrogen) atoms. The smallest absolute Gasteiger partial charge is 0.403 e. The number of carboxylic acid groups (broad SMARTS) is 1. The van der Waals surface area contributed by atoms with Crippen molar-refractivity contribution in [3.8, 4) is 0 Å². The number of nitrogens with two attached hydrogens (primary N) is 1. The van der Waals surface area contributed by atoms with Crippen LogP contribution in [0.15, 0.2) is 52.7 Å². The number of nitrogens with one attached hydrogen (secondary N) is 1. The highest BCUT2D eigenvalue weighted by Crippen LogP contribution is 2.40. The minimum atomic E-state index is -1.46. The number of aliphatic carboxylic acids is 1. The zero-order valence-electron chi connectivity index (χ0n) is 18.2. The predicted octanol–water partition coefficient (Wildman–Crippen LogP) is -1.88. The molecule has 3 aromatic rings. The Balaban J connectivity index is 1.37. The number of rotatable bonds is 7. The van der Waals surface area contributed by atoms with Crippen LogP contribution in [0.4, 0.5) is 5.13 Å². The van der Waals surface area contributed by atoms with Gasteiger partial charge < -0.3 is 25.8 Å². The minimum absolute atomic E-state index is 0.145. The number of β-lactam (4-membered cyclic amide) rings is 1. The number of aromatic nitrogens is 4. The quantitative estimate of drug-likeness (QED) is 0.158. The van der Waals surface area contributed by atoms with Crippen LogP contribution in [0.25, 0.3) is 5.78 Å². The number of nitrogens with zero attached hydrogens (tertiary/aromatic N) is 6. The number of fused-ring (bicyclic) bond motifs is 2. The zero-order chi connectivity index (χ0) is 24.7. The molecule has 1 fully saturated rings. The largest absolute Gasteiger partial charge is 0.543 e. The molecule has 0 radical (unpaired) electrons. The first-order valence-electron chi connectivity index (χ1n) is 10.2. The topological polar surface area (TPSA) is 171 Å². The number of oxime groups is 1. The van der Waals surface area contributed by atoms with E-state index in [0.29, 0.717) is 17.1 Å². The summed E-state index contributed by atoms with van der Waals surface area (Å²) in [5.41, 5.74) is 6.01. The third-order valence-electron chi connectivity index (χ3n) is 5.47. The highest BCUT2D eigenvalue weighted by atomic mass is 32.2. The van der Waals surface area contributed by atoms with Gasteiger partial charge in [0.1, 0.15) is 36.6 Å². The lowest BCUT2D eigenvalue weighted by Crippen LogP contribution is -2.71. The summed E-state index contributed by atoms with van der Waals surface area (Å²) in [6.45, 7) is 0.216. The van der Waals surface area contributed by atoms with Gasteiger partial charge in [-0.2, -0.15) is 0 Å². The molecule has 5 heterocycles. The first kappa shape index (κ1) is 22.8. The maximum Gasteiger partial charge on any atom is 0.403 e. The number of thiazole rings is 1. The molecule has 3 aromatic heterocycles. The van der Waals surface area contributed by atoms with Gasteiger partial charge in [-0.1, -0.05) is 10.1 Å². The summed E-state index contributed by atoms with van der Waals surface area (Å²) in [7, 11) is 1.27. The number of hydrogen-bond donors (Lipinski definition) is 2. The average molecular weight is 515 g/mol. The van der Waals surface area contributed by atoms with E-state index in [-0.39, 0.29) is 28.8 Å². The van der Waals surface area contributed by atoms with Crippen molar-refractivity contribution in [2.45, 2.75) is 18.0 Å². The van der Waals surface area contributed by atoms with Gasteiger partial charge >= 0.3 is 5.78 Å². The van der Waals surface area contributed by atoms with Crippen LogP contribution in [0.5, 0.6) is 0 Å². The van der Waals surface area contributed by atoms with E-state index in [1.165, 1.54) is 18.9 Å². The van der Waals surface area contributed by atoms with E-state index in [0.717, 1.165) is 16.2 Å². The number of carboxylic acids is 1. The molecular weight excluding hydrogens is 496 g/mol. The Morgan fingerprint density at radius 2 is 2.26 bits per heavy atom. The molecule has 0 saturated carbocycles.